The molecular formula is C25H34N2O2S. The number of ether oxygens (including phenoxy) is 2. The largest absolute Gasteiger partial charge is 0.493 e. The second kappa shape index (κ2) is 11.2. The summed E-state index contributed by atoms with van der Waals surface area (Å²) in [5, 5.41) is 4.49. The molecule has 0 spiro atoms. The van der Waals surface area contributed by atoms with E-state index in [-0.39, 0.29) is 0 Å². The highest BCUT2D eigenvalue weighted by atomic mass is 32.1. The lowest BCUT2D eigenvalue weighted by atomic mass is 10.1. The van der Waals surface area contributed by atoms with Gasteiger partial charge < -0.3 is 19.7 Å². The predicted octanol–water partition coefficient (Wildman–Crippen LogP) is 5.61. The number of aryl methyl sites for hydroxylation is 1. The number of benzene rings is 2. The highest BCUT2D eigenvalue weighted by Crippen LogP contribution is 2.28. The van der Waals surface area contributed by atoms with Gasteiger partial charge in [0.1, 0.15) is 0 Å². The molecule has 0 radical (unpaired) electrons. The van der Waals surface area contributed by atoms with E-state index in [0.29, 0.717) is 12.6 Å². The third-order valence-electron chi connectivity index (χ3n) is 5.79. The predicted molar refractivity (Wildman–Crippen MR) is 127 cm³/mol. The topological polar surface area (TPSA) is 33.7 Å². The van der Waals surface area contributed by atoms with Crippen LogP contribution in [-0.2, 0) is 13.1 Å². The van der Waals surface area contributed by atoms with Crippen molar-refractivity contribution in [2.45, 2.75) is 64.6 Å². The van der Waals surface area contributed by atoms with Crippen LogP contribution in [0.2, 0.25) is 0 Å². The molecule has 0 saturated heterocycles. The number of nitrogens with one attached hydrogen (secondary N) is 1. The van der Waals surface area contributed by atoms with Crippen LogP contribution in [0, 0.1) is 6.92 Å². The molecular weight excluding hydrogens is 392 g/mol. The fourth-order valence-electron chi connectivity index (χ4n) is 4.00. The van der Waals surface area contributed by atoms with Crippen LogP contribution in [0.25, 0.3) is 0 Å². The zero-order valence-corrected chi connectivity index (χ0v) is 19.3. The average Bonchev–Trinajstić information content (AvgIpc) is 3.03. The van der Waals surface area contributed by atoms with Gasteiger partial charge in [-0.2, -0.15) is 0 Å². The molecule has 1 N–H and O–H groups in total. The summed E-state index contributed by atoms with van der Waals surface area (Å²) in [5.41, 5.74) is 3.67. The molecule has 0 unspecified atom stereocenters. The van der Waals surface area contributed by atoms with E-state index < -0.39 is 0 Å². The standard InChI is InChI=1S/C25H34N2O2S/c1-19-10-12-20(13-11-19)17-27(25(30)26-22-8-6-4-5-7-9-22)18-21-14-15-23(28-2)24(16-21)29-3/h10-16,22H,4-9,17-18H2,1-3H3,(H,26,30). The molecule has 2 aromatic carbocycles. The fraction of sp³-hybridized carbons (Fsp3) is 0.480. The molecule has 30 heavy (non-hydrogen) atoms. The summed E-state index contributed by atoms with van der Waals surface area (Å²) in [4.78, 5) is 2.26. The summed E-state index contributed by atoms with van der Waals surface area (Å²) in [7, 11) is 3.33. The van der Waals surface area contributed by atoms with Crippen LogP contribution < -0.4 is 14.8 Å². The summed E-state index contributed by atoms with van der Waals surface area (Å²) < 4.78 is 10.9. The van der Waals surface area contributed by atoms with Crippen molar-refractivity contribution in [1.29, 1.82) is 0 Å². The second-order valence-electron chi connectivity index (χ2n) is 8.17. The molecule has 5 heteroatoms. The summed E-state index contributed by atoms with van der Waals surface area (Å²) >= 11 is 5.89. The molecule has 1 saturated carbocycles. The SMILES string of the molecule is COc1ccc(CN(Cc2ccc(C)cc2)C(=S)NC2CCCCCC2)cc1OC. The van der Waals surface area contributed by atoms with Crippen molar-refractivity contribution in [1.82, 2.24) is 10.2 Å². The Morgan fingerprint density at radius 1 is 0.900 bits per heavy atom. The van der Waals surface area contributed by atoms with Gasteiger partial charge in [0.2, 0.25) is 0 Å². The Balaban J connectivity index is 1.77. The van der Waals surface area contributed by atoms with E-state index in [9.17, 15) is 0 Å². The minimum atomic E-state index is 0.478. The van der Waals surface area contributed by atoms with Crippen LogP contribution in [0.4, 0.5) is 0 Å². The van der Waals surface area contributed by atoms with Crippen molar-refractivity contribution in [2.75, 3.05) is 14.2 Å². The van der Waals surface area contributed by atoms with E-state index in [1.807, 2.05) is 12.1 Å². The van der Waals surface area contributed by atoms with Gasteiger partial charge in [-0.25, -0.2) is 0 Å². The molecule has 0 aromatic heterocycles. The number of thiocarbonyl (C=S) groups is 1. The van der Waals surface area contributed by atoms with Crippen molar-refractivity contribution in [2.24, 2.45) is 0 Å². The van der Waals surface area contributed by atoms with Crippen LogP contribution in [-0.4, -0.2) is 30.3 Å². The Hall–Kier alpha value is -2.27. The number of hydrogen-bond acceptors (Lipinski definition) is 3. The van der Waals surface area contributed by atoms with Crippen molar-refractivity contribution >= 4 is 17.3 Å². The molecule has 0 bridgehead atoms. The summed E-state index contributed by atoms with van der Waals surface area (Å²) in [6.45, 7) is 3.60. The van der Waals surface area contributed by atoms with Gasteiger partial charge in [0.15, 0.2) is 16.6 Å². The van der Waals surface area contributed by atoms with Gasteiger partial charge in [-0.3, -0.25) is 0 Å². The van der Waals surface area contributed by atoms with Crippen molar-refractivity contribution < 1.29 is 9.47 Å². The van der Waals surface area contributed by atoms with Gasteiger partial charge in [-0.1, -0.05) is 61.6 Å². The maximum atomic E-state index is 5.89. The number of methoxy groups -OCH3 is 2. The van der Waals surface area contributed by atoms with Gasteiger partial charge in [-0.05, 0) is 55.2 Å². The van der Waals surface area contributed by atoms with Gasteiger partial charge in [0.05, 0.1) is 14.2 Å². The Bertz CT molecular complexity index is 814. The van der Waals surface area contributed by atoms with Crippen molar-refractivity contribution in [3.63, 3.8) is 0 Å². The third-order valence-corrected chi connectivity index (χ3v) is 6.16. The first-order valence-corrected chi connectivity index (χ1v) is 11.3. The first-order valence-electron chi connectivity index (χ1n) is 10.9. The van der Waals surface area contributed by atoms with E-state index in [1.165, 1.54) is 49.7 Å². The van der Waals surface area contributed by atoms with E-state index in [4.69, 9.17) is 21.7 Å². The fourth-order valence-corrected chi connectivity index (χ4v) is 4.30. The third kappa shape index (κ3) is 6.36. The molecule has 1 aliphatic carbocycles. The highest BCUT2D eigenvalue weighted by molar-refractivity contribution is 7.80. The smallest absolute Gasteiger partial charge is 0.169 e. The monoisotopic (exact) mass is 426 g/mol. The van der Waals surface area contributed by atoms with Gasteiger partial charge in [0.25, 0.3) is 0 Å². The van der Waals surface area contributed by atoms with E-state index >= 15 is 0 Å². The molecule has 4 nitrogen and oxygen atoms in total. The molecule has 0 aliphatic heterocycles. The van der Waals surface area contributed by atoms with Crippen LogP contribution in [0.15, 0.2) is 42.5 Å². The second-order valence-corrected chi connectivity index (χ2v) is 8.56. The molecule has 3 rings (SSSR count). The van der Waals surface area contributed by atoms with Crippen LogP contribution >= 0.6 is 12.2 Å². The Morgan fingerprint density at radius 3 is 2.13 bits per heavy atom. The maximum absolute atomic E-state index is 5.89. The quantitative estimate of drug-likeness (QED) is 0.460. The maximum Gasteiger partial charge on any atom is 0.169 e. The molecule has 1 fully saturated rings. The van der Waals surface area contributed by atoms with Crippen LogP contribution in [0.3, 0.4) is 0 Å². The summed E-state index contributed by atoms with van der Waals surface area (Å²) in [6, 6.07) is 15.2. The summed E-state index contributed by atoms with van der Waals surface area (Å²) in [5.74, 6) is 1.48. The minimum Gasteiger partial charge on any atom is -0.493 e. The molecule has 0 atom stereocenters. The van der Waals surface area contributed by atoms with Crippen LogP contribution in [0.1, 0.15) is 55.2 Å². The van der Waals surface area contributed by atoms with Gasteiger partial charge >= 0.3 is 0 Å². The molecule has 0 heterocycles. The van der Waals surface area contributed by atoms with Crippen LogP contribution in [0.5, 0.6) is 11.5 Å². The highest BCUT2D eigenvalue weighted by Gasteiger charge is 2.18. The normalized spacial score (nSPS) is 14.6. The Labute approximate surface area is 186 Å². The molecule has 162 valence electrons. The first-order chi connectivity index (χ1) is 14.6. The average molecular weight is 427 g/mol. The Kier molecular flexibility index (Phi) is 8.38. The zero-order valence-electron chi connectivity index (χ0n) is 18.4. The molecule has 1 aliphatic rings. The van der Waals surface area contributed by atoms with Crippen molar-refractivity contribution in [3.05, 3.63) is 59.2 Å². The van der Waals surface area contributed by atoms with Gasteiger partial charge in [0, 0.05) is 19.1 Å². The lowest BCUT2D eigenvalue weighted by molar-refractivity contribution is 0.351. The minimum absolute atomic E-state index is 0.478. The Morgan fingerprint density at radius 2 is 1.50 bits per heavy atom. The van der Waals surface area contributed by atoms with E-state index in [0.717, 1.165) is 28.7 Å². The van der Waals surface area contributed by atoms with E-state index in [2.05, 4.69) is 47.5 Å². The lowest BCUT2D eigenvalue weighted by Gasteiger charge is -2.29. The molecule has 0 amide bonds. The lowest BCUT2D eigenvalue weighted by Crippen LogP contribution is -2.43. The number of rotatable bonds is 7. The van der Waals surface area contributed by atoms with E-state index in [1.54, 1.807) is 14.2 Å². The summed E-state index contributed by atoms with van der Waals surface area (Å²) in [6.07, 6.45) is 7.65. The van der Waals surface area contributed by atoms with Crippen molar-refractivity contribution in [3.8, 4) is 11.5 Å². The van der Waals surface area contributed by atoms with Gasteiger partial charge in [-0.15, -0.1) is 0 Å². The number of nitrogens with zero attached hydrogens (tertiary/aromatic N) is 1. The number of hydrogen-bond donors (Lipinski definition) is 1. The molecule has 2 aromatic rings. The zero-order chi connectivity index (χ0) is 21.3. The first kappa shape index (κ1) is 22.4.